The quantitative estimate of drug-likeness (QED) is 0.0262. The van der Waals surface area contributed by atoms with Gasteiger partial charge in [-0.05, 0) is 70.6 Å². The molecule has 0 bridgehead atoms. The van der Waals surface area contributed by atoms with Gasteiger partial charge < -0.3 is 14.2 Å². The Labute approximate surface area is 416 Å². The first-order valence-corrected chi connectivity index (χ1v) is 29.5. The molecule has 0 fully saturated rings. The average Bonchev–Trinajstić information content (AvgIpc) is 3.33. The zero-order chi connectivity index (χ0) is 48.6. The monoisotopic (exact) mass is 941 g/mol. The van der Waals surface area contributed by atoms with Gasteiger partial charge in [0.05, 0.1) is 0 Å². The number of hydrogen-bond acceptors (Lipinski definition) is 6. The van der Waals surface area contributed by atoms with Gasteiger partial charge in [0.1, 0.15) is 13.2 Å². The maximum absolute atomic E-state index is 12.8. The van der Waals surface area contributed by atoms with Crippen LogP contribution in [0.25, 0.3) is 0 Å². The number of unbranched alkanes of at least 4 members (excludes halogenated alkanes) is 37. The molecule has 0 heterocycles. The van der Waals surface area contributed by atoms with E-state index in [1.807, 2.05) is 0 Å². The van der Waals surface area contributed by atoms with Crippen LogP contribution in [-0.2, 0) is 28.6 Å². The van der Waals surface area contributed by atoms with Crippen molar-refractivity contribution in [2.45, 2.75) is 322 Å². The highest BCUT2D eigenvalue weighted by atomic mass is 16.6. The molecular formula is C61H112O6. The van der Waals surface area contributed by atoms with Crippen LogP contribution >= 0.6 is 0 Å². The first-order valence-electron chi connectivity index (χ1n) is 29.5. The van der Waals surface area contributed by atoms with Crippen LogP contribution in [-0.4, -0.2) is 37.2 Å². The second-order valence-corrected chi connectivity index (χ2v) is 19.9. The summed E-state index contributed by atoms with van der Waals surface area (Å²) < 4.78 is 16.9. The number of rotatable bonds is 54. The van der Waals surface area contributed by atoms with Crippen molar-refractivity contribution < 1.29 is 28.6 Å². The van der Waals surface area contributed by atoms with Crippen LogP contribution in [0, 0.1) is 0 Å². The molecule has 0 aromatic heterocycles. The fraction of sp³-hybridized carbons (Fsp3) is 0.852. The van der Waals surface area contributed by atoms with Crippen molar-refractivity contribution in [2.75, 3.05) is 13.2 Å². The Bertz CT molecular complexity index is 1130. The molecule has 1 unspecified atom stereocenters. The number of esters is 3. The topological polar surface area (TPSA) is 78.9 Å². The summed E-state index contributed by atoms with van der Waals surface area (Å²) in [6.07, 6.45) is 67.1. The summed E-state index contributed by atoms with van der Waals surface area (Å²) >= 11 is 0. The Kier molecular flexibility index (Phi) is 54.2. The SMILES string of the molecule is CCCC/C=C\C/C=C\CCCCCCCC(=O)OC(COC(=O)CCCCCCCCCCCCCC)COC(=O)CCCCCCCCCCCCC/C=C\CCCCCCCCCC. The summed E-state index contributed by atoms with van der Waals surface area (Å²) in [7, 11) is 0. The van der Waals surface area contributed by atoms with Gasteiger partial charge in [0.15, 0.2) is 6.10 Å². The third kappa shape index (κ3) is 54.4. The Morgan fingerprint density at radius 1 is 0.299 bits per heavy atom. The first-order chi connectivity index (χ1) is 33.0. The number of allylic oxidation sites excluding steroid dienone is 6. The zero-order valence-corrected chi connectivity index (χ0v) is 44.9. The minimum Gasteiger partial charge on any atom is -0.462 e. The van der Waals surface area contributed by atoms with Gasteiger partial charge in [-0.3, -0.25) is 14.4 Å². The summed E-state index contributed by atoms with van der Waals surface area (Å²) in [6.45, 7) is 6.62. The fourth-order valence-corrected chi connectivity index (χ4v) is 8.63. The van der Waals surface area contributed by atoms with Crippen molar-refractivity contribution >= 4 is 17.9 Å². The van der Waals surface area contributed by atoms with Crippen molar-refractivity contribution in [3.05, 3.63) is 36.5 Å². The van der Waals surface area contributed by atoms with Crippen LogP contribution in [0.4, 0.5) is 0 Å². The molecule has 0 aromatic rings. The van der Waals surface area contributed by atoms with Crippen LogP contribution in [0.1, 0.15) is 316 Å². The molecule has 0 rings (SSSR count). The van der Waals surface area contributed by atoms with E-state index in [0.29, 0.717) is 19.3 Å². The summed E-state index contributed by atoms with van der Waals surface area (Å²) in [6, 6.07) is 0. The van der Waals surface area contributed by atoms with E-state index < -0.39 is 6.10 Å². The second-order valence-electron chi connectivity index (χ2n) is 19.9. The van der Waals surface area contributed by atoms with Crippen molar-refractivity contribution in [1.82, 2.24) is 0 Å². The third-order valence-electron chi connectivity index (χ3n) is 13.1. The van der Waals surface area contributed by atoms with Gasteiger partial charge in [-0.15, -0.1) is 0 Å². The molecule has 0 amide bonds. The van der Waals surface area contributed by atoms with Crippen molar-refractivity contribution in [2.24, 2.45) is 0 Å². The van der Waals surface area contributed by atoms with Crippen molar-refractivity contribution in [3.63, 3.8) is 0 Å². The Morgan fingerprint density at radius 3 is 0.881 bits per heavy atom. The predicted octanol–water partition coefficient (Wildman–Crippen LogP) is 19.7. The minimum atomic E-state index is -0.776. The molecule has 0 saturated heterocycles. The van der Waals surface area contributed by atoms with Crippen molar-refractivity contribution in [1.29, 1.82) is 0 Å². The fourth-order valence-electron chi connectivity index (χ4n) is 8.63. The Morgan fingerprint density at radius 2 is 0.552 bits per heavy atom. The van der Waals surface area contributed by atoms with E-state index in [1.165, 1.54) is 193 Å². The molecule has 0 radical (unpaired) electrons. The third-order valence-corrected chi connectivity index (χ3v) is 13.1. The molecule has 0 saturated carbocycles. The molecular weight excluding hydrogens is 829 g/mol. The van der Waals surface area contributed by atoms with Crippen LogP contribution < -0.4 is 0 Å². The normalized spacial score (nSPS) is 12.2. The summed E-state index contributed by atoms with van der Waals surface area (Å²) in [5.74, 6) is -0.873. The summed E-state index contributed by atoms with van der Waals surface area (Å²) in [5.41, 5.74) is 0. The second kappa shape index (κ2) is 56.2. The molecule has 0 aliphatic carbocycles. The van der Waals surface area contributed by atoms with E-state index in [2.05, 4.69) is 57.2 Å². The molecule has 6 nitrogen and oxygen atoms in total. The van der Waals surface area contributed by atoms with Crippen LogP contribution in [0.2, 0.25) is 0 Å². The van der Waals surface area contributed by atoms with E-state index in [-0.39, 0.29) is 31.1 Å². The van der Waals surface area contributed by atoms with Crippen LogP contribution in [0.3, 0.4) is 0 Å². The van der Waals surface area contributed by atoms with E-state index in [1.54, 1.807) is 0 Å². The maximum atomic E-state index is 12.8. The lowest BCUT2D eigenvalue weighted by molar-refractivity contribution is -0.167. The molecule has 0 spiro atoms. The lowest BCUT2D eigenvalue weighted by Gasteiger charge is -2.18. The number of ether oxygens (including phenoxy) is 3. The molecule has 1 atom stereocenters. The van der Waals surface area contributed by atoms with Gasteiger partial charge in [0, 0.05) is 19.3 Å². The average molecular weight is 942 g/mol. The van der Waals surface area contributed by atoms with Gasteiger partial charge in [-0.1, -0.05) is 263 Å². The summed E-state index contributed by atoms with van der Waals surface area (Å²) in [5, 5.41) is 0. The lowest BCUT2D eigenvalue weighted by Crippen LogP contribution is -2.30. The Hall–Kier alpha value is -2.37. The molecule has 0 N–H and O–H groups in total. The Balaban J connectivity index is 4.25. The number of hydrogen-bond donors (Lipinski definition) is 0. The largest absolute Gasteiger partial charge is 0.462 e. The van der Waals surface area contributed by atoms with E-state index in [4.69, 9.17) is 14.2 Å². The number of carbonyl (C=O) groups is 3. The van der Waals surface area contributed by atoms with Gasteiger partial charge in [-0.25, -0.2) is 0 Å². The highest BCUT2D eigenvalue weighted by Gasteiger charge is 2.19. The maximum Gasteiger partial charge on any atom is 0.306 e. The highest BCUT2D eigenvalue weighted by Crippen LogP contribution is 2.16. The molecule has 392 valence electrons. The van der Waals surface area contributed by atoms with Crippen LogP contribution in [0.15, 0.2) is 36.5 Å². The molecule has 0 aromatic carbocycles. The van der Waals surface area contributed by atoms with E-state index in [0.717, 1.165) is 83.5 Å². The molecule has 67 heavy (non-hydrogen) atoms. The van der Waals surface area contributed by atoms with E-state index in [9.17, 15) is 14.4 Å². The van der Waals surface area contributed by atoms with Crippen LogP contribution in [0.5, 0.6) is 0 Å². The van der Waals surface area contributed by atoms with Gasteiger partial charge in [0.2, 0.25) is 0 Å². The molecule has 6 heteroatoms. The number of carbonyl (C=O) groups excluding carboxylic acids is 3. The first kappa shape index (κ1) is 64.6. The van der Waals surface area contributed by atoms with Gasteiger partial charge in [-0.2, -0.15) is 0 Å². The van der Waals surface area contributed by atoms with Gasteiger partial charge >= 0.3 is 17.9 Å². The zero-order valence-electron chi connectivity index (χ0n) is 44.9. The lowest BCUT2D eigenvalue weighted by atomic mass is 10.0. The minimum absolute atomic E-state index is 0.0745. The van der Waals surface area contributed by atoms with Gasteiger partial charge in [0.25, 0.3) is 0 Å². The standard InChI is InChI=1S/C61H112O6/c1-4-7-10-13-16-19-22-25-27-28-29-30-31-32-33-34-35-37-39-42-45-48-51-54-60(63)66-57-58(56-65-59(62)53-50-47-44-41-38-24-21-18-15-12-9-6-3)67-61(64)55-52-49-46-43-40-36-26-23-20-17-14-11-8-5-2/h14,17,23,26,28-29,58H,4-13,15-16,18-22,24-25,27,30-57H2,1-3H3/b17-14-,26-23-,29-28-. The summed E-state index contributed by atoms with van der Waals surface area (Å²) in [4.78, 5) is 38.1. The molecule has 0 aliphatic rings. The highest BCUT2D eigenvalue weighted by molar-refractivity contribution is 5.71. The molecule has 0 aliphatic heterocycles. The smallest absolute Gasteiger partial charge is 0.306 e. The van der Waals surface area contributed by atoms with Crippen molar-refractivity contribution in [3.8, 4) is 0 Å². The van der Waals surface area contributed by atoms with E-state index >= 15 is 0 Å². The predicted molar refractivity (Wildman–Crippen MR) is 289 cm³/mol.